The summed E-state index contributed by atoms with van der Waals surface area (Å²) in [6.07, 6.45) is 103. The van der Waals surface area contributed by atoms with Gasteiger partial charge in [-0.2, -0.15) is 0 Å². The van der Waals surface area contributed by atoms with E-state index in [0.717, 1.165) is 109 Å². The largest absolute Gasteiger partial charge is 0.545 e. The average molecular weight is 1300 g/mol. The van der Waals surface area contributed by atoms with Crippen molar-refractivity contribution < 1.29 is 42.9 Å². The molecule has 0 aromatic rings. The van der Waals surface area contributed by atoms with Crippen LogP contribution < -0.4 is 5.11 Å². The van der Waals surface area contributed by atoms with Gasteiger partial charge in [0.25, 0.3) is 0 Å². The predicted octanol–water partition coefficient (Wildman–Crippen LogP) is 23.1. The van der Waals surface area contributed by atoms with Crippen LogP contribution in [0.2, 0.25) is 0 Å². The average Bonchev–Trinajstić information content (AvgIpc) is 3.73. The number of quaternary nitrogens is 1. The Balaban J connectivity index is 4.05. The molecule has 0 aromatic heterocycles. The van der Waals surface area contributed by atoms with Gasteiger partial charge in [-0.3, -0.25) is 9.59 Å². The van der Waals surface area contributed by atoms with Crippen molar-refractivity contribution in [1.82, 2.24) is 0 Å². The lowest BCUT2D eigenvalue weighted by Crippen LogP contribution is -2.44. The number of ether oxygens (including phenoxy) is 4. The summed E-state index contributed by atoms with van der Waals surface area (Å²) in [7, 11) is 5.94. The molecule has 0 rings (SSSR count). The minimum Gasteiger partial charge on any atom is -0.545 e. The molecule has 0 radical (unpaired) electrons. The molecule has 0 spiro atoms. The fraction of sp³-hybridized carbons (Fsp3) is 0.702. The number of allylic oxidation sites excluding steroid dienone is 22. The van der Waals surface area contributed by atoms with E-state index >= 15 is 0 Å². The molecule has 0 aliphatic rings. The van der Waals surface area contributed by atoms with Gasteiger partial charge in [0.2, 0.25) is 0 Å². The maximum Gasteiger partial charge on any atom is 0.306 e. The van der Waals surface area contributed by atoms with Gasteiger partial charge in [-0.1, -0.05) is 334 Å². The Morgan fingerprint density at radius 3 is 0.860 bits per heavy atom. The third-order valence-corrected chi connectivity index (χ3v) is 16.4. The molecule has 0 fully saturated rings. The molecule has 0 bridgehead atoms. The van der Waals surface area contributed by atoms with Crippen LogP contribution in [0.1, 0.15) is 322 Å². The molecule has 2 atom stereocenters. The molecular weight excluding hydrogens is 1150 g/mol. The molecule has 0 amide bonds. The number of hydrogen-bond donors (Lipinski definition) is 0. The summed E-state index contributed by atoms with van der Waals surface area (Å²) in [6, 6.07) is 0. The van der Waals surface area contributed by atoms with Crippen LogP contribution in [-0.4, -0.2) is 82.3 Å². The summed E-state index contributed by atoms with van der Waals surface area (Å²) < 4.78 is 22.9. The van der Waals surface area contributed by atoms with Crippen molar-refractivity contribution in [3.63, 3.8) is 0 Å². The fourth-order valence-electron chi connectivity index (χ4n) is 10.6. The Kier molecular flexibility index (Phi) is 69.6. The molecule has 2 unspecified atom stereocenters. The van der Waals surface area contributed by atoms with Crippen molar-refractivity contribution in [2.24, 2.45) is 0 Å². The van der Waals surface area contributed by atoms with Gasteiger partial charge in [0.1, 0.15) is 13.2 Å². The second-order valence-corrected chi connectivity index (χ2v) is 26.5. The van der Waals surface area contributed by atoms with Gasteiger partial charge < -0.3 is 33.3 Å². The zero-order valence-corrected chi connectivity index (χ0v) is 60.8. The Hall–Kier alpha value is -4.57. The molecule has 0 aromatic carbocycles. The number of likely N-dealkylation sites (N-methyl/N-ethyl adjacent to an activating group) is 1. The van der Waals surface area contributed by atoms with Crippen LogP contribution in [0.5, 0.6) is 0 Å². The lowest BCUT2D eigenvalue weighted by molar-refractivity contribution is -0.870. The van der Waals surface area contributed by atoms with Crippen LogP contribution in [0.15, 0.2) is 134 Å². The first-order valence-corrected chi connectivity index (χ1v) is 38.3. The lowest BCUT2D eigenvalue weighted by atomic mass is 10.0. The maximum atomic E-state index is 13.0. The molecule has 93 heavy (non-hydrogen) atoms. The van der Waals surface area contributed by atoms with Gasteiger partial charge in [0.15, 0.2) is 12.4 Å². The first kappa shape index (κ1) is 88.4. The molecule has 0 aliphatic heterocycles. The summed E-state index contributed by atoms with van der Waals surface area (Å²) in [5, 5.41) is 11.9. The Morgan fingerprint density at radius 2 is 0.581 bits per heavy atom. The Labute approximate surface area is 573 Å². The van der Waals surface area contributed by atoms with Crippen LogP contribution in [0.4, 0.5) is 0 Å². The van der Waals surface area contributed by atoms with E-state index in [1.165, 1.54) is 180 Å². The highest BCUT2D eigenvalue weighted by molar-refractivity contribution is 5.70. The molecule has 0 saturated heterocycles. The topological polar surface area (TPSA) is 111 Å². The lowest BCUT2D eigenvalue weighted by Gasteiger charge is -2.26. The third-order valence-electron chi connectivity index (χ3n) is 16.4. The number of nitrogens with zero attached hydrogens (tertiary/aromatic N) is 1. The highest BCUT2D eigenvalue weighted by Crippen LogP contribution is 2.18. The Bertz CT molecular complexity index is 2000. The quantitative estimate of drug-likeness (QED) is 0.0195. The molecule has 0 heterocycles. The van der Waals surface area contributed by atoms with Gasteiger partial charge in [0.05, 0.1) is 40.3 Å². The summed E-state index contributed by atoms with van der Waals surface area (Å²) in [6.45, 7) is 4.55. The first-order valence-electron chi connectivity index (χ1n) is 38.3. The smallest absolute Gasteiger partial charge is 0.306 e. The van der Waals surface area contributed by atoms with Crippen molar-refractivity contribution in [2.45, 2.75) is 334 Å². The maximum absolute atomic E-state index is 13.0. The van der Waals surface area contributed by atoms with E-state index in [0.29, 0.717) is 17.4 Å². The predicted molar refractivity (Wildman–Crippen MR) is 398 cm³/mol. The van der Waals surface area contributed by atoms with Crippen molar-refractivity contribution in [3.05, 3.63) is 134 Å². The van der Waals surface area contributed by atoms with E-state index in [1.54, 1.807) is 0 Å². The molecule has 0 N–H and O–H groups in total. The van der Waals surface area contributed by atoms with Crippen LogP contribution in [0, 0.1) is 0 Å². The zero-order chi connectivity index (χ0) is 67.5. The van der Waals surface area contributed by atoms with Crippen LogP contribution in [-0.2, 0) is 33.3 Å². The summed E-state index contributed by atoms with van der Waals surface area (Å²) >= 11 is 0. The second-order valence-electron chi connectivity index (χ2n) is 26.5. The minimum atomic E-state index is -1.63. The molecular formula is C84H143NO8. The van der Waals surface area contributed by atoms with E-state index in [4.69, 9.17) is 18.9 Å². The molecule has 0 aliphatic carbocycles. The third kappa shape index (κ3) is 74.7. The van der Waals surface area contributed by atoms with Gasteiger partial charge in [-0.05, 0) is 109 Å². The fourth-order valence-corrected chi connectivity index (χ4v) is 10.6. The number of carbonyl (C=O) groups excluding carboxylic acids is 3. The minimum absolute atomic E-state index is 0.145. The molecule has 9 nitrogen and oxygen atoms in total. The summed E-state index contributed by atoms with van der Waals surface area (Å²) in [4.78, 5) is 37.6. The number of aliphatic carboxylic acids is 1. The molecule has 9 heteroatoms. The van der Waals surface area contributed by atoms with Gasteiger partial charge in [-0.15, -0.1) is 0 Å². The Morgan fingerprint density at radius 1 is 0.323 bits per heavy atom. The van der Waals surface area contributed by atoms with E-state index in [1.807, 2.05) is 21.1 Å². The van der Waals surface area contributed by atoms with Crippen molar-refractivity contribution in [3.8, 4) is 0 Å². The van der Waals surface area contributed by atoms with Crippen LogP contribution in [0.25, 0.3) is 0 Å². The van der Waals surface area contributed by atoms with Gasteiger partial charge in [0, 0.05) is 12.8 Å². The normalized spacial score (nSPS) is 13.4. The van der Waals surface area contributed by atoms with Crippen molar-refractivity contribution in [2.75, 3.05) is 47.5 Å². The number of carboxylic acid groups (broad SMARTS) is 1. The second kappa shape index (κ2) is 73.2. The highest BCUT2D eigenvalue weighted by atomic mass is 16.7. The molecule has 532 valence electrons. The summed E-state index contributed by atoms with van der Waals surface area (Å²) in [5.74, 6) is -2.27. The standard InChI is InChI=1S/C84H143NO8/c1-6-8-10-12-14-16-18-20-22-24-26-28-30-32-34-36-38-39-40-41-42-43-45-47-49-51-53-55-57-59-61-63-65-67-69-71-73-75-82(87)93-80(79-92-84(83(88)89)90-77-76-85(3,4)5)78-91-81(86)74-72-70-68-66-64-62-60-58-56-54-52-50-48-46-44-37-35-33-31-29-27-25-23-21-19-17-15-13-11-9-7-2/h8-11,14-17,20-23,26-29,32-35,38-39,80,84H,6-7,12-13,18-19,24-25,30-31,36-37,40-79H2,1-5H3/b10-8-,11-9-,16-14-,17-15-,22-20-,23-21-,28-26-,29-27-,34-32-,35-33-,39-38-. The van der Waals surface area contributed by atoms with E-state index in [-0.39, 0.29) is 38.6 Å². The van der Waals surface area contributed by atoms with E-state index < -0.39 is 24.3 Å². The zero-order valence-electron chi connectivity index (χ0n) is 60.8. The monoisotopic (exact) mass is 1290 g/mol. The van der Waals surface area contributed by atoms with E-state index in [2.05, 4.69) is 148 Å². The van der Waals surface area contributed by atoms with Crippen LogP contribution in [0.3, 0.4) is 0 Å². The number of carbonyl (C=O) groups is 3. The first-order chi connectivity index (χ1) is 45.6. The van der Waals surface area contributed by atoms with Gasteiger partial charge in [-0.25, -0.2) is 0 Å². The van der Waals surface area contributed by atoms with Crippen LogP contribution >= 0.6 is 0 Å². The summed E-state index contributed by atoms with van der Waals surface area (Å²) in [5.41, 5.74) is 0. The number of rotatable bonds is 70. The number of carboxylic acids is 1. The SMILES string of the molecule is CC/C=C\C/C=C\C/C=C\C/C=C\C/C=C\C/C=C\CCCCCCCCCCCCCCCCCCCCC(=O)OC(COC(=O)CCCCCCCCCCCCCCCCC/C=C\C/C=C\C/C=C\C/C=C\C/C=C\CC)COC(OCC[N+](C)(C)C)C(=O)[O-]. The number of unbranched alkanes of at least 4 members (excludes halogenated alkanes) is 33. The number of esters is 2. The number of hydrogen-bond acceptors (Lipinski definition) is 8. The highest BCUT2D eigenvalue weighted by Gasteiger charge is 2.22. The van der Waals surface area contributed by atoms with Crippen molar-refractivity contribution in [1.29, 1.82) is 0 Å². The van der Waals surface area contributed by atoms with Gasteiger partial charge >= 0.3 is 11.9 Å². The van der Waals surface area contributed by atoms with Crippen molar-refractivity contribution >= 4 is 17.9 Å². The molecule has 0 saturated carbocycles. The van der Waals surface area contributed by atoms with E-state index in [9.17, 15) is 19.5 Å².